The molecular formula is C14H18N4. The molecule has 2 aromatic rings. The quantitative estimate of drug-likeness (QED) is 0.831. The SMILES string of the molecule is Cn1nccc1CCN1Cc2cccc(N)c2C1. The summed E-state index contributed by atoms with van der Waals surface area (Å²) >= 11 is 0. The van der Waals surface area contributed by atoms with Crippen molar-refractivity contribution in [2.75, 3.05) is 12.3 Å². The third-order valence-electron chi connectivity index (χ3n) is 3.69. The maximum absolute atomic E-state index is 6.01. The second-order valence-corrected chi connectivity index (χ2v) is 4.89. The number of fused-ring (bicyclic) bond motifs is 1. The predicted molar refractivity (Wildman–Crippen MR) is 71.9 cm³/mol. The summed E-state index contributed by atoms with van der Waals surface area (Å²) in [4.78, 5) is 2.44. The number of rotatable bonds is 3. The number of nitrogen functional groups attached to an aromatic ring is 1. The highest BCUT2D eigenvalue weighted by atomic mass is 15.3. The number of nitrogens with zero attached hydrogens (tertiary/aromatic N) is 3. The van der Waals surface area contributed by atoms with Gasteiger partial charge in [-0.2, -0.15) is 5.10 Å². The van der Waals surface area contributed by atoms with Crippen molar-refractivity contribution in [2.45, 2.75) is 19.5 Å². The fourth-order valence-corrected chi connectivity index (χ4v) is 2.59. The van der Waals surface area contributed by atoms with Crippen molar-refractivity contribution >= 4 is 5.69 Å². The minimum atomic E-state index is 0.926. The third kappa shape index (κ3) is 1.99. The number of nitrogens with two attached hydrogens (primary N) is 1. The van der Waals surface area contributed by atoms with E-state index in [1.165, 1.54) is 16.8 Å². The zero-order valence-electron chi connectivity index (χ0n) is 10.6. The van der Waals surface area contributed by atoms with E-state index in [1.54, 1.807) is 0 Å². The molecule has 0 saturated carbocycles. The number of benzene rings is 1. The lowest BCUT2D eigenvalue weighted by Crippen LogP contribution is -2.20. The molecule has 18 heavy (non-hydrogen) atoms. The van der Waals surface area contributed by atoms with Gasteiger partial charge in [0.1, 0.15) is 0 Å². The van der Waals surface area contributed by atoms with E-state index < -0.39 is 0 Å². The summed E-state index contributed by atoms with van der Waals surface area (Å²) in [7, 11) is 1.99. The lowest BCUT2D eigenvalue weighted by atomic mass is 10.1. The minimum absolute atomic E-state index is 0.926. The Kier molecular flexibility index (Phi) is 2.80. The van der Waals surface area contributed by atoms with Crippen molar-refractivity contribution in [3.05, 3.63) is 47.3 Å². The van der Waals surface area contributed by atoms with Gasteiger partial charge in [-0.05, 0) is 23.3 Å². The zero-order valence-corrected chi connectivity index (χ0v) is 10.6. The molecule has 2 N–H and O–H groups in total. The van der Waals surface area contributed by atoms with Crippen LogP contribution < -0.4 is 5.73 Å². The van der Waals surface area contributed by atoms with E-state index in [9.17, 15) is 0 Å². The molecule has 3 rings (SSSR count). The first-order valence-corrected chi connectivity index (χ1v) is 6.29. The van der Waals surface area contributed by atoms with Gasteiger partial charge in [-0.1, -0.05) is 12.1 Å². The van der Waals surface area contributed by atoms with Crippen molar-refractivity contribution in [3.8, 4) is 0 Å². The molecule has 0 unspecified atom stereocenters. The van der Waals surface area contributed by atoms with Crippen LogP contribution >= 0.6 is 0 Å². The number of anilines is 1. The Labute approximate surface area is 107 Å². The summed E-state index contributed by atoms with van der Waals surface area (Å²) in [6.07, 6.45) is 2.89. The summed E-state index contributed by atoms with van der Waals surface area (Å²) in [6.45, 7) is 3.03. The highest BCUT2D eigenvalue weighted by molar-refractivity contribution is 5.52. The van der Waals surface area contributed by atoms with E-state index in [1.807, 2.05) is 30.1 Å². The van der Waals surface area contributed by atoms with Gasteiger partial charge in [0, 0.05) is 50.7 Å². The smallest absolute Gasteiger partial charge is 0.0492 e. The van der Waals surface area contributed by atoms with Crippen LogP contribution in [0.25, 0.3) is 0 Å². The van der Waals surface area contributed by atoms with Crippen LogP contribution in [0.4, 0.5) is 5.69 Å². The second kappa shape index (κ2) is 4.46. The molecule has 0 atom stereocenters. The molecule has 0 radical (unpaired) electrons. The van der Waals surface area contributed by atoms with Crippen LogP contribution in [-0.2, 0) is 26.6 Å². The van der Waals surface area contributed by atoms with Gasteiger partial charge in [-0.25, -0.2) is 0 Å². The molecule has 4 nitrogen and oxygen atoms in total. The Balaban J connectivity index is 1.65. The van der Waals surface area contributed by atoms with E-state index >= 15 is 0 Å². The Morgan fingerprint density at radius 1 is 1.28 bits per heavy atom. The Bertz CT molecular complexity index is 559. The summed E-state index contributed by atoms with van der Waals surface area (Å²) in [5.74, 6) is 0. The fraction of sp³-hybridized carbons (Fsp3) is 0.357. The molecule has 94 valence electrons. The summed E-state index contributed by atoms with van der Waals surface area (Å²) in [6, 6.07) is 8.29. The average molecular weight is 242 g/mol. The van der Waals surface area contributed by atoms with Gasteiger partial charge in [0.2, 0.25) is 0 Å². The van der Waals surface area contributed by atoms with Crippen molar-refractivity contribution < 1.29 is 0 Å². The Hall–Kier alpha value is -1.81. The molecule has 0 fully saturated rings. The van der Waals surface area contributed by atoms with Gasteiger partial charge in [-0.3, -0.25) is 9.58 Å². The van der Waals surface area contributed by atoms with Crippen molar-refractivity contribution in [2.24, 2.45) is 7.05 Å². The molecule has 0 spiro atoms. The van der Waals surface area contributed by atoms with Crippen molar-refractivity contribution in [3.63, 3.8) is 0 Å². The summed E-state index contributed by atoms with van der Waals surface area (Å²) in [5.41, 5.74) is 10.9. The highest BCUT2D eigenvalue weighted by Crippen LogP contribution is 2.27. The standard InChI is InChI=1S/C14H18N4/c1-17-12(5-7-16-17)6-8-18-9-11-3-2-4-14(15)13(11)10-18/h2-5,7H,6,8-10,15H2,1H3. The Morgan fingerprint density at radius 3 is 2.89 bits per heavy atom. The molecule has 1 aliphatic heterocycles. The first kappa shape index (κ1) is 11.3. The third-order valence-corrected chi connectivity index (χ3v) is 3.69. The number of hydrogen-bond acceptors (Lipinski definition) is 3. The van der Waals surface area contributed by atoms with E-state index in [-0.39, 0.29) is 0 Å². The second-order valence-electron chi connectivity index (χ2n) is 4.89. The molecule has 0 aliphatic carbocycles. The molecule has 2 heterocycles. The average Bonchev–Trinajstić information content (AvgIpc) is 2.93. The van der Waals surface area contributed by atoms with Gasteiger partial charge in [-0.15, -0.1) is 0 Å². The molecule has 0 bridgehead atoms. The van der Waals surface area contributed by atoms with Gasteiger partial charge in [0.15, 0.2) is 0 Å². The van der Waals surface area contributed by atoms with Gasteiger partial charge in [0.05, 0.1) is 0 Å². The van der Waals surface area contributed by atoms with Crippen LogP contribution in [0.3, 0.4) is 0 Å². The molecule has 0 amide bonds. The van der Waals surface area contributed by atoms with E-state index in [2.05, 4.69) is 22.1 Å². The van der Waals surface area contributed by atoms with Crippen molar-refractivity contribution in [1.82, 2.24) is 14.7 Å². The van der Waals surface area contributed by atoms with E-state index in [0.717, 1.165) is 31.7 Å². The number of aryl methyl sites for hydroxylation is 1. The molecule has 4 heteroatoms. The molecule has 1 aromatic heterocycles. The van der Waals surface area contributed by atoms with Gasteiger partial charge < -0.3 is 5.73 Å². The highest BCUT2D eigenvalue weighted by Gasteiger charge is 2.20. The van der Waals surface area contributed by atoms with Crippen LogP contribution in [0.5, 0.6) is 0 Å². The minimum Gasteiger partial charge on any atom is -0.398 e. The van der Waals surface area contributed by atoms with Crippen LogP contribution in [0.2, 0.25) is 0 Å². The summed E-state index contributed by atoms with van der Waals surface area (Å²) < 4.78 is 1.94. The van der Waals surface area contributed by atoms with E-state index in [4.69, 9.17) is 5.73 Å². The topological polar surface area (TPSA) is 47.1 Å². The maximum Gasteiger partial charge on any atom is 0.0492 e. The maximum atomic E-state index is 6.01. The Morgan fingerprint density at radius 2 is 2.17 bits per heavy atom. The van der Waals surface area contributed by atoms with Crippen LogP contribution in [0.1, 0.15) is 16.8 Å². The first-order valence-electron chi connectivity index (χ1n) is 6.29. The van der Waals surface area contributed by atoms with Crippen LogP contribution in [-0.4, -0.2) is 21.2 Å². The van der Waals surface area contributed by atoms with Crippen LogP contribution in [0, 0.1) is 0 Å². The number of aromatic nitrogens is 2. The van der Waals surface area contributed by atoms with Gasteiger partial charge in [0.25, 0.3) is 0 Å². The molecular weight excluding hydrogens is 224 g/mol. The first-order chi connectivity index (χ1) is 8.74. The zero-order chi connectivity index (χ0) is 12.5. The summed E-state index contributed by atoms with van der Waals surface area (Å²) in [5, 5.41) is 4.19. The largest absolute Gasteiger partial charge is 0.398 e. The molecule has 1 aliphatic rings. The lowest BCUT2D eigenvalue weighted by Gasteiger charge is -2.14. The predicted octanol–water partition coefficient (Wildman–Crippen LogP) is 1.56. The van der Waals surface area contributed by atoms with Gasteiger partial charge >= 0.3 is 0 Å². The lowest BCUT2D eigenvalue weighted by molar-refractivity contribution is 0.286. The molecule has 0 saturated heterocycles. The normalized spacial score (nSPS) is 14.9. The van der Waals surface area contributed by atoms with E-state index in [0.29, 0.717) is 0 Å². The van der Waals surface area contributed by atoms with Crippen molar-refractivity contribution in [1.29, 1.82) is 0 Å². The molecule has 1 aromatic carbocycles. The number of hydrogen-bond donors (Lipinski definition) is 1. The monoisotopic (exact) mass is 242 g/mol. The van der Waals surface area contributed by atoms with Crippen LogP contribution in [0.15, 0.2) is 30.5 Å². The fourth-order valence-electron chi connectivity index (χ4n) is 2.59.